The van der Waals surface area contributed by atoms with Crippen molar-refractivity contribution in [2.75, 3.05) is 6.54 Å². The fraction of sp³-hybridized carbons (Fsp3) is 0.625. The monoisotopic (exact) mass is 277 g/mol. The van der Waals surface area contributed by atoms with E-state index in [-0.39, 0.29) is 11.9 Å². The van der Waals surface area contributed by atoms with Crippen LogP contribution in [-0.4, -0.2) is 28.4 Å². The molecule has 0 aromatic carbocycles. The van der Waals surface area contributed by atoms with Gasteiger partial charge in [0, 0.05) is 18.7 Å². The molecule has 1 aromatic rings. The van der Waals surface area contributed by atoms with Gasteiger partial charge in [0.15, 0.2) is 0 Å². The largest absolute Gasteiger partial charge is 0.334 e. The van der Waals surface area contributed by atoms with Gasteiger partial charge in [-0.05, 0) is 45.4 Å². The van der Waals surface area contributed by atoms with Crippen molar-refractivity contribution in [1.82, 2.24) is 9.88 Å². The number of rotatable bonds is 9. The minimum Gasteiger partial charge on any atom is -0.334 e. The molecule has 0 aliphatic rings. The molecule has 0 aliphatic carbocycles. The molecule has 1 rings (SSSR count). The van der Waals surface area contributed by atoms with E-state index in [2.05, 4.69) is 18.8 Å². The van der Waals surface area contributed by atoms with Crippen molar-refractivity contribution < 1.29 is 4.79 Å². The molecule has 0 fully saturated rings. The lowest BCUT2D eigenvalue weighted by molar-refractivity contribution is -0.133. The van der Waals surface area contributed by atoms with Crippen LogP contribution in [-0.2, 0) is 11.3 Å². The third-order valence-corrected chi connectivity index (χ3v) is 3.35. The molecular weight excluding hydrogens is 250 g/mol. The molecule has 2 N–H and O–H groups in total. The number of unbranched alkanes of at least 4 members (excludes halogenated alkanes) is 3. The van der Waals surface area contributed by atoms with Crippen molar-refractivity contribution in [3.8, 4) is 0 Å². The van der Waals surface area contributed by atoms with Crippen molar-refractivity contribution in [2.24, 2.45) is 5.73 Å². The molecule has 0 unspecified atom stereocenters. The Bertz CT molecular complexity index is 379. The minimum absolute atomic E-state index is 0.202. The van der Waals surface area contributed by atoms with Crippen molar-refractivity contribution in [3.63, 3.8) is 0 Å². The van der Waals surface area contributed by atoms with Gasteiger partial charge in [0.05, 0.1) is 12.2 Å². The molecule has 0 spiro atoms. The number of carbonyl (C=O) groups excluding carboxylic acids is 1. The minimum atomic E-state index is 0.202. The number of carbonyl (C=O) groups is 1. The van der Waals surface area contributed by atoms with Crippen LogP contribution in [0.4, 0.5) is 0 Å². The first-order chi connectivity index (χ1) is 9.65. The molecule has 4 nitrogen and oxygen atoms in total. The van der Waals surface area contributed by atoms with Crippen LogP contribution < -0.4 is 5.73 Å². The van der Waals surface area contributed by atoms with Crippen molar-refractivity contribution in [2.45, 2.75) is 58.5 Å². The third kappa shape index (κ3) is 6.15. The van der Waals surface area contributed by atoms with E-state index in [1.165, 1.54) is 0 Å². The standard InChI is InChI=1S/C16H27N3O/c1-14(2)19(13-15-9-6-8-12-18-15)16(20)10-5-3-4-7-11-17/h6,8-9,12,14H,3-5,7,10-11,13,17H2,1-2H3. The van der Waals surface area contributed by atoms with Gasteiger partial charge in [0.1, 0.15) is 0 Å². The summed E-state index contributed by atoms with van der Waals surface area (Å²) in [5.74, 6) is 0.221. The van der Waals surface area contributed by atoms with E-state index in [4.69, 9.17) is 5.73 Å². The van der Waals surface area contributed by atoms with E-state index >= 15 is 0 Å². The first kappa shape index (κ1) is 16.6. The zero-order chi connectivity index (χ0) is 14.8. The Morgan fingerprint density at radius 3 is 2.60 bits per heavy atom. The van der Waals surface area contributed by atoms with Crippen LogP contribution in [0.2, 0.25) is 0 Å². The van der Waals surface area contributed by atoms with Gasteiger partial charge in [-0.1, -0.05) is 18.9 Å². The average Bonchev–Trinajstić information content (AvgIpc) is 2.45. The molecule has 0 radical (unpaired) electrons. The Hall–Kier alpha value is -1.42. The van der Waals surface area contributed by atoms with Gasteiger partial charge in [0.25, 0.3) is 0 Å². The maximum atomic E-state index is 12.3. The molecule has 0 atom stereocenters. The summed E-state index contributed by atoms with van der Waals surface area (Å²) in [6.45, 7) is 5.44. The molecule has 4 heteroatoms. The Morgan fingerprint density at radius 2 is 2.00 bits per heavy atom. The molecule has 1 amide bonds. The number of amides is 1. The second kappa shape index (κ2) is 9.48. The van der Waals surface area contributed by atoms with Crippen LogP contribution in [0, 0.1) is 0 Å². The summed E-state index contributed by atoms with van der Waals surface area (Å²) in [6, 6.07) is 6.01. The fourth-order valence-electron chi connectivity index (χ4n) is 2.14. The molecule has 1 aromatic heterocycles. The quantitative estimate of drug-likeness (QED) is 0.706. The van der Waals surface area contributed by atoms with Gasteiger partial charge < -0.3 is 10.6 Å². The molecule has 112 valence electrons. The number of hydrogen-bond donors (Lipinski definition) is 1. The number of nitrogens with zero attached hydrogens (tertiary/aromatic N) is 2. The summed E-state index contributed by atoms with van der Waals surface area (Å²) >= 11 is 0. The summed E-state index contributed by atoms with van der Waals surface area (Å²) in [7, 11) is 0. The molecule has 0 bridgehead atoms. The Balaban J connectivity index is 2.43. The number of hydrogen-bond acceptors (Lipinski definition) is 3. The van der Waals surface area contributed by atoms with Gasteiger partial charge in [-0.2, -0.15) is 0 Å². The zero-order valence-corrected chi connectivity index (χ0v) is 12.7. The highest BCUT2D eigenvalue weighted by Crippen LogP contribution is 2.11. The van der Waals surface area contributed by atoms with Crippen LogP contribution in [0.5, 0.6) is 0 Å². The van der Waals surface area contributed by atoms with Crippen LogP contribution in [0.25, 0.3) is 0 Å². The Morgan fingerprint density at radius 1 is 1.25 bits per heavy atom. The van der Waals surface area contributed by atoms with E-state index in [0.29, 0.717) is 13.0 Å². The lowest BCUT2D eigenvalue weighted by Gasteiger charge is -2.26. The second-order valence-electron chi connectivity index (χ2n) is 5.39. The van der Waals surface area contributed by atoms with Crippen molar-refractivity contribution in [1.29, 1.82) is 0 Å². The zero-order valence-electron chi connectivity index (χ0n) is 12.7. The van der Waals surface area contributed by atoms with Crippen LogP contribution in [0.1, 0.15) is 51.6 Å². The van der Waals surface area contributed by atoms with Gasteiger partial charge in [-0.15, -0.1) is 0 Å². The van der Waals surface area contributed by atoms with E-state index in [1.54, 1.807) is 6.20 Å². The Labute approximate surface area is 122 Å². The summed E-state index contributed by atoms with van der Waals surface area (Å²) in [4.78, 5) is 18.5. The SMILES string of the molecule is CC(C)N(Cc1ccccn1)C(=O)CCCCCCN. The molecule has 0 aliphatic heterocycles. The summed E-state index contributed by atoms with van der Waals surface area (Å²) in [5.41, 5.74) is 6.40. The highest BCUT2D eigenvalue weighted by molar-refractivity contribution is 5.76. The van der Waals surface area contributed by atoms with Gasteiger partial charge in [-0.3, -0.25) is 9.78 Å². The van der Waals surface area contributed by atoms with Gasteiger partial charge in [0.2, 0.25) is 5.91 Å². The number of nitrogens with two attached hydrogens (primary N) is 1. The van der Waals surface area contributed by atoms with Crippen LogP contribution in [0.15, 0.2) is 24.4 Å². The smallest absolute Gasteiger partial charge is 0.223 e. The summed E-state index contributed by atoms with van der Waals surface area (Å²) < 4.78 is 0. The van der Waals surface area contributed by atoms with Gasteiger partial charge in [-0.25, -0.2) is 0 Å². The maximum Gasteiger partial charge on any atom is 0.223 e. The molecule has 1 heterocycles. The third-order valence-electron chi connectivity index (χ3n) is 3.35. The molecular formula is C16H27N3O. The van der Waals surface area contributed by atoms with E-state index in [1.807, 2.05) is 23.1 Å². The fourth-order valence-corrected chi connectivity index (χ4v) is 2.14. The predicted molar refractivity (Wildman–Crippen MR) is 82.1 cm³/mol. The van der Waals surface area contributed by atoms with Crippen molar-refractivity contribution >= 4 is 5.91 Å². The van der Waals surface area contributed by atoms with E-state index < -0.39 is 0 Å². The van der Waals surface area contributed by atoms with Crippen LogP contribution >= 0.6 is 0 Å². The number of pyridine rings is 1. The van der Waals surface area contributed by atoms with E-state index in [9.17, 15) is 4.79 Å². The highest BCUT2D eigenvalue weighted by atomic mass is 16.2. The highest BCUT2D eigenvalue weighted by Gasteiger charge is 2.17. The second-order valence-corrected chi connectivity index (χ2v) is 5.39. The first-order valence-electron chi connectivity index (χ1n) is 7.54. The topological polar surface area (TPSA) is 59.2 Å². The summed E-state index contributed by atoms with van der Waals surface area (Å²) in [6.07, 6.45) is 6.59. The normalized spacial score (nSPS) is 10.8. The lowest BCUT2D eigenvalue weighted by Crippen LogP contribution is -2.36. The Kier molecular flexibility index (Phi) is 7.88. The van der Waals surface area contributed by atoms with E-state index in [0.717, 1.165) is 37.9 Å². The maximum absolute atomic E-state index is 12.3. The average molecular weight is 277 g/mol. The van der Waals surface area contributed by atoms with Crippen molar-refractivity contribution in [3.05, 3.63) is 30.1 Å². The molecule has 0 saturated carbocycles. The summed E-state index contributed by atoms with van der Waals surface area (Å²) in [5, 5.41) is 0. The van der Waals surface area contributed by atoms with Crippen LogP contribution in [0.3, 0.4) is 0 Å². The lowest BCUT2D eigenvalue weighted by atomic mass is 10.1. The first-order valence-corrected chi connectivity index (χ1v) is 7.54. The van der Waals surface area contributed by atoms with Gasteiger partial charge >= 0.3 is 0 Å². The predicted octanol–water partition coefficient (Wildman–Crippen LogP) is 2.73. The molecule has 0 saturated heterocycles. The molecule has 20 heavy (non-hydrogen) atoms. The number of aromatic nitrogens is 1.